The van der Waals surface area contributed by atoms with Gasteiger partial charge in [0.1, 0.15) is 0 Å². The molecule has 0 radical (unpaired) electrons. The van der Waals surface area contributed by atoms with Gasteiger partial charge in [-0.25, -0.2) is 0 Å². The zero-order valence-corrected chi connectivity index (χ0v) is 11.3. The van der Waals surface area contributed by atoms with Gasteiger partial charge in [-0.2, -0.15) is 0 Å². The van der Waals surface area contributed by atoms with Crippen molar-refractivity contribution >= 4 is 11.6 Å². The van der Waals surface area contributed by atoms with Gasteiger partial charge in [-0.3, -0.25) is 0 Å². The zero-order valence-electron chi connectivity index (χ0n) is 10.6. The molecule has 1 saturated carbocycles. The zero-order chi connectivity index (χ0) is 11.5. The molecule has 1 unspecified atom stereocenters. The lowest BCUT2D eigenvalue weighted by Crippen LogP contribution is -2.57. The predicted molar refractivity (Wildman–Crippen MR) is 67.7 cm³/mol. The van der Waals surface area contributed by atoms with Crippen LogP contribution >= 0.6 is 11.6 Å². The molecule has 1 rings (SSSR count). The van der Waals surface area contributed by atoms with Crippen LogP contribution in [-0.2, 0) is 0 Å². The van der Waals surface area contributed by atoms with Crippen molar-refractivity contribution in [3.8, 4) is 0 Å². The highest BCUT2D eigenvalue weighted by Gasteiger charge is 2.39. The van der Waals surface area contributed by atoms with Crippen LogP contribution in [-0.4, -0.2) is 55.5 Å². The fraction of sp³-hybridized carbons (Fsp3) is 1.00. The summed E-state index contributed by atoms with van der Waals surface area (Å²) >= 11 is 5.84. The molecule has 0 N–H and O–H groups in total. The summed E-state index contributed by atoms with van der Waals surface area (Å²) in [5.74, 6) is 1.36. The van der Waals surface area contributed by atoms with E-state index in [1.165, 1.54) is 25.8 Å². The molecule has 3 heteroatoms. The summed E-state index contributed by atoms with van der Waals surface area (Å²) in [7, 11) is 6.63. The van der Waals surface area contributed by atoms with Gasteiger partial charge < -0.3 is 9.80 Å². The number of halogens is 1. The first-order valence-electron chi connectivity index (χ1n) is 5.92. The van der Waals surface area contributed by atoms with E-state index in [0.717, 1.165) is 12.4 Å². The average molecular weight is 233 g/mol. The van der Waals surface area contributed by atoms with Gasteiger partial charge in [0, 0.05) is 24.5 Å². The Balaban J connectivity index is 2.38. The molecule has 1 fully saturated rings. The van der Waals surface area contributed by atoms with Crippen molar-refractivity contribution < 1.29 is 0 Å². The Hall–Kier alpha value is 0.210. The number of nitrogens with zero attached hydrogens (tertiary/aromatic N) is 2. The molecule has 0 saturated heterocycles. The van der Waals surface area contributed by atoms with Crippen LogP contribution in [0.1, 0.15) is 26.2 Å². The van der Waals surface area contributed by atoms with Crippen molar-refractivity contribution in [3.05, 3.63) is 0 Å². The molecule has 2 nitrogen and oxygen atoms in total. The maximum atomic E-state index is 5.84. The molecule has 1 aliphatic carbocycles. The van der Waals surface area contributed by atoms with E-state index >= 15 is 0 Å². The molecular weight excluding hydrogens is 208 g/mol. The van der Waals surface area contributed by atoms with E-state index in [9.17, 15) is 0 Å². The molecule has 1 aliphatic rings. The van der Waals surface area contributed by atoms with Crippen LogP contribution < -0.4 is 0 Å². The van der Waals surface area contributed by atoms with Gasteiger partial charge >= 0.3 is 0 Å². The molecule has 0 aromatic heterocycles. The normalized spacial score (nSPS) is 21.8. The van der Waals surface area contributed by atoms with Gasteiger partial charge in [0.15, 0.2) is 0 Å². The number of alkyl halides is 1. The highest BCUT2D eigenvalue weighted by Crippen LogP contribution is 2.36. The SMILES string of the molecule is CC(CCl)CN(C)CC1(N(C)C)CCC1. The van der Waals surface area contributed by atoms with Crippen LogP contribution in [0.5, 0.6) is 0 Å². The van der Waals surface area contributed by atoms with Crippen LogP contribution in [0.15, 0.2) is 0 Å². The summed E-state index contributed by atoms with van der Waals surface area (Å²) in [5, 5.41) is 0. The Morgan fingerprint density at radius 2 is 1.87 bits per heavy atom. The lowest BCUT2D eigenvalue weighted by Gasteiger charge is -2.49. The highest BCUT2D eigenvalue weighted by atomic mass is 35.5. The molecule has 0 aliphatic heterocycles. The van der Waals surface area contributed by atoms with Gasteiger partial charge in [-0.05, 0) is 46.3 Å². The maximum absolute atomic E-state index is 5.84. The van der Waals surface area contributed by atoms with Gasteiger partial charge in [0.2, 0.25) is 0 Å². The minimum Gasteiger partial charge on any atom is -0.304 e. The second kappa shape index (κ2) is 5.51. The first kappa shape index (κ1) is 13.3. The average Bonchev–Trinajstić information content (AvgIpc) is 2.10. The molecule has 1 atom stereocenters. The number of rotatable bonds is 6. The Morgan fingerprint density at radius 1 is 1.27 bits per heavy atom. The third kappa shape index (κ3) is 3.33. The van der Waals surface area contributed by atoms with Crippen molar-refractivity contribution in [2.45, 2.75) is 31.7 Å². The van der Waals surface area contributed by atoms with Crippen LogP contribution in [0.2, 0.25) is 0 Å². The predicted octanol–water partition coefficient (Wildman–Crippen LogP) is 2.28. The minimum absolute atomic E-state index is 0.445. The maximum Gasteiger partial charge on any atom is 0.0330 e. The van der Waals surface area contributed by atoms with Crippen molar-refractivity contribution in [1.29, 1.82) is 0 Å². The topological polar surface area (TPSA) is 6.48 Å². The van der Waals surface area contributed by atoms with Crippen molar-refractivity contribution in [2.24, 2.45) is 5.92 Å². The minimum atomic E-state index is 0.445. The van der Waals surface area contributed by atoms with Crippen LogP contribution in [0.3, 0.4) is 0 Å². The highest BCUT2D eigenvalue weighted by molar-refractivity contribution is 6.18. The molecular formula is C12H25ClN2. The first-order valence-corrected chi connectivity index (χ1v) is 6.45. The molecule has 0 spiro atoms. The molecule has 0 aromatic rings. The second-order valence-electron chi connectivity index (χ2n) is 5.43. The molecule has 0 aromatic carbocycles. The van der Waals surface area contributed by atoms with E-state index in [1.54, 1.807) is 0 Å². The molecule has 90 valence electrons. The van der Waals surface area contributed by atoms with Gasteiger partial charge in [-0.15, -0.1) is 11.6 Å². The summed E-state index contributed by atoms with van der Waals surface area (Å²) < 4.78 is 0. The quantitative estimate of drug-likeness (QED) is 0.649. The van der Waals surface area contributed by atoms with Crippen molar-refractivity contribution in [3.63, 3.8) is 0 Å². The summed E-state index contributed by atoms with van der Waals surface area (Å²) in [5.41, 5.74) is 0.445. The fourth-order valence-corrected chi connectivity index (χ4v) is 2.58. The van der Waals surface area contributed by atoms with Gasteiger partial charge in [0.25, 0.3) is 0 Å². The smallest absolute Gasteiger partial charge is 0.0330 e. The van der Waals surface area contributed by atoms with E-state index in [2.05, 4.69) is 37.9 Å². The van der Waals surface area contributed by atoms with E-state index in [4.69, 9.17) is 11.6 Å². The van der Waals surface area contributed by atoms with E-state index in [-0.39, 0.29) is 0 Å². The third-order valence-corrected chi connectivity index (χ3v) is 4.21. The standard InChI is InChI=1S/C12H25ClN2/c1-11(8-13)9-15(4)10-12(14(2)3)6-5-7-12/h11H,5-10H2,1-4H3. The number of hydrogen-bond acceptors (Lipinski definition) is 2. The molecule has 15 heavy (non-hydrogen) atoms. The van der Waals surface area contributed by atoms with E-state index < -0.39 is 0 Å². The molecule has 0 heterocycles. The first-order chi connectivity index (χ1) is 7.00. The summed E-state index contributed by atoms with van der Waals surface area (Å²) in [6.07, 6.45) is 4.08. The van der Waals surface area contributed by atoms with Crippen LogP contribution in [0, 0.1) is 5.92 Å². The van der Waals surface area contributed by atoms with Crippen LogP contribution in [0.4, 0.5) is 0 Å². The van der Waals surface area contributed by atoms with Gasteiger partial charge in [0.05, 0.1) is 0 Å². The van der Waals surface area contributed by atoms with E-state index in [0.29, 0.717) is 11.5 Å². The molecule has 0 amide bonds. The summed E-state index contributed by atoms with van der Waals surface area (Å²) in [6, 6.07) is 0. The van der Waals surface area contributed by atoms with Crippen molar-refractivity contribution in [2.75, 3.05) is 40.1 Å². The summed E-state index contributed by atoms with van der Waals surface area (Å²) in [4.78, 5) is 4.84. The van der Waals surface area contributed by atoms with Crippen molar-refractivity contribution in [1.82, 2.24) is 9.80 Å². The van der Waals surface area contributed by atoms with Crippen LogP contribution in [0.25, 0.3) is 0 Å². The summed E-state index contributed by atoms with van der Waals surface area (Å²) in [6.45, 7) is 4.51. The Kier molecular flexibility index (Phi) is 4.88. The number of hydrogen-bond donors (Lipinski definition) is 0. The Morgan fingerprint density at radius 3 is 2.20 bits per heavy atom. The number of likely N-dealkylation sites (N-methyl/N-ethyl adjacent to an activating group) is 2. The fourth-order valence-electron chi connectivity index (χ4n) is 2.48. The largest absolute Gasteiger partial charge is 0.304 e. The Labute approximate surface area is 99.6 Å². The lowest BCUT2D eigenvalue weighted by molar-refractivity contribution is 0.0253. The van der Waals surface area contributed by atoms with E-state index in [1.807, 2.05) is 0 Å². The third-order valence-electron chi connectivity index (χ3n) is 3.68. The second-order valence-corrected chi connectivity index (χ2v) is 5.74. The molecule has 0 bridgehead atoms. The monoisotopic (exact) mass is 232 g/mol. The Bertz CT molecular complexity index is 190. The lowest BCUT2D eigenvalue weighted by atomic mass is 9.75. The van der Waals surface area contributed by atoms with Gasteiger partial charge in [-0.1, -0.05) is 6.92 Å².